The van der Waals surface area contributed by atoms with Crippen molar-refractivity contribution in [2.75, 3.05) is 19.8 Å². The Labute approximate surface area is 193 Å². The summed E-state index contributed by atoms with van der Waals surface area (Å²) in [6, 6.07) is -2.86. The summed E-state index contributed by atoms with van der Waals surface area (Å²) in [5, 5.41) is 112. The molecule has 1 aliphatic carbocycles. The van der Waals surface area contributed by atoms with Crippen molar-refractivity contribution in [2.24, 2.45) is 0 Å². The third-order valence-corrected chi connectivity index (χ3v) is 5.94. The molecule has 0 amide bonds. The Hall–Kier alpha value is -1.15. The quantitative estimate of drug-likeness (QED) is 0.0929. The summed E-state index contributed by atoms with van der Waals surface area (Å²) in [7, 11) is 0. The van der Waals surface area contributed by atoms with Crippen molar-refractivity contribution in [2.45, 2.75) is 79.4 Å². The lowest BCUT2D eigenvalue weighted by molar-refractivity contribution is -0.316. The van der Waals surface area contributed by atoms with Crippen LogP contribution in [0.2, 0.25) is 0 Å². The highest BCUT2D eigenvalue weighted by atomic mass is 16.7. The molecule has 2 rings (SSSR count). The molecule has 13 atom stereocenters. The molecular weight excluding hydrogens is 466 g/mol. The molecule has 1 aliphatic heterocycles. The maximum Gasteiger partial charge on any atom is 0.187 e. The van der Waals surface area contributed by atoms with Crippen molar-refractivity contribution in [3.05, 3.63) is 11.6 Å². The van der Waals surface area contributed by atoms with Crippen molar-refractivity contribution >= 4 is 6.29 Å². The number of nitrogens with one attached hydrogen (secondary N) is 1. The number of hydrogen-bond donors (Lipinski definition) is 12. The van der Waals surface area contributed by atoms with Crippen LogP contribution in [0.25, 0.3) is 0 Å². The minimum absolute atomic E-state index is 0.00502. The molecule has 198 valence electrons. The van der Waals surface area contributed by atoms with E-state index in [4.69, 9.17) is 9.47 Å². The van der Waals surface area contributed by atoms with Gasteiger partial charge in [-0.1, -0.05) is 6.08 Å². The molecule has 2 aliphatic rings. The fraction of sp³-hybridized carbons (Fsp3) is 0.842. The molecule has 12 N–H and O–H groups in total. The maximum absolute atomic E-state index is 10.8. The van der Waals surface area contributed by atoms with Crippen molar-refractivity contribution in [3.63, 3.8) is 0 Å². The standard InChI is InChI=1S/C19H33NO14/c21-2-6-1-7(20-11(8(25)3-22)13(28)9(26)4-23)12(27)16(31)18(6)34-19-17(32)15(30)14(29)10(5-24)33-19/h1,4,7-22,24-32H,2-3,5H2/t7?,8-,9?,10-,11?,12?,13?,14?,15+,16?,17?,18?,19?/m1/s1. The van der Waals surface area contributed by atoms with Crippen LogP contribution in [0.1, 0.15) is 0 Å². The normalized spacial score (nSPS) is 40.2. The molecule has 0 aromatic carbocycles. The molecule has 1 saturated heterocycles. The third kappa shape index (κ3) is 6.15. The minimum Gasteiger partial charge on any atom is -0.394 e. The van der Waals surface area contributed by atoms with E-state index in [2.05, 4.69) is 5.32 Å². The van der Waals surface area contributed by atoms with Gasteiger partial charge in [0.05, 0.1) is 38.0 Å². The van der Waals surface area contributed by atoms with Gasteiger partial charge in [0.25, 0.3) is 0 Å². The summed E-state index contributed by atoms with van der Waals surface area (Å²) < 4.78 is 10.7. The second-order valence-corrected chi connectivity index (χ2v) is 8.22. The van der Waals surface area contributed by atoms with Gasteiger partial charge in [-0.2, -0.15) is 0 Å². The number of aliphatic hydroxyl groups is 11. The van der Waals surface area contributed by atoms with Crippen molar-refractivity contribution in [1.82, 2.24) is 5.32 Å². The number of aldehydes is 1. The number of ether oxygens (including phenoxy) is 2. The summed E-state index contributed by atoms with van der Waals surface area (Å²) in [5.74, 6) is 0. The average molecular weight is 499 g/mol. The summed E-state index contributed by atoms with van der Waals surface area (Å²) >= 11 is 0. The van der Waals surface area contributed by atoms with E-state index in [1.807, 2.05) is 0 Å². The topological polar surface area (TPSA) is 270 Å². The van der Waals surface area contributed by atoms with Gasteiger partial charge in [-0.05, 0) is 5.57 Å². The van der Waals surface area contributed by atoms with Crippen LogP contribution in [0.5, 0.6) is 0 Å². The van der Waals surface area contributed by atoms with Gasteiger partial charge in [-0.3, -0.25) is 0 Å². The van der Waals surface area contributed by atoms with Crippen LogP contribution in [0.15, 0.2) is 11.6 Å². The first kappa shape index (κ1) is 29.1. The smallest absolute Gasteiger partial charge is 0.187 e. The van der Waals surface area contributed by atoms with Crippen molar-refractivity contribution in [1.29, 1.82) is 0 Å². The molecule has 34 heavy (non-hydrogen) atoms. The fourth-order valence-corrected chi connectivity index (χ4v) is 3.88. The van der Waals surface area contributed by atoms with Gasteiger partial charge in [0.1, 0.15) is 54.9 Å². The molecule has 10 unspecified atom stereocenters. The van der Waals surface area contributed by atoms with Gasteiger partial charge in [0.15, 0.2) is 12.6 Å². The van der Waals surface area contributed by atoms with Gasteiger partial charge < -0.3 is 75.8 Å². The van der Waals surface area contributed by atoms with E-state index in [-0.39, 0.29) is 11.9 Å². The molecule has 1 heterocycles. The van der Waals surface area contributed by atoms with Gasteiger partial charge in [-0.15, -0.1) is 0 Å². The lowest BCUT2D eigenvalue weighted by Crippen LogP contribution is -2.64. The summed E-state index contributed by atoms with van der Waals surface area (Å²) in [6.07, 6.45) is -17.8. The second kappa shape index (κ2) is 12.7. The van der Waals surface area contributed by atoms with E-state index >= 15 is 0 Å². The van der Waals surface area contributed by atoms with E-state index in [0.29, 0.717) is 0 Å². The minimum atomic E-state index is -1.95. The van der Waals surface area contributed by atoms with Crippen LogP contribution < -0.4 is 5.32 Å². The molecule has 0 aromatic heterocycles. The summed E-state index contributed by atoms with van der Waals surface area (Å²) in [6.45, 7) is -2.39. The predicted molar refractivity (Wildman–Crippen MR) is 108 cm³/mol. The van der Waals surface area contributed by atoms with E-state index in [1.165, 1.54) is 0 Å². The van der Waals surface area contributed by atoms with Crippen LogP contribution in [0.4, 0.5) is 0 Å². The average Bonchev–Trinajstić information content (AvgIpc) is 2.84. The Morgan fingerprint density at radius 3 is 2.15 bits per heavy atom. The molecule has 0 bridgehead atoms. The van der Waals surface area contributed by atoms with Crippen molar-refractivity contribution in [3.8, 4) is 0 Å². The number of carbonyl (C=O) groups excluding carboxylic acids is 1. The van der Waals surface area contributed by atoms with E-state index < -0.39 is 99.2 Å². The van der Waals surface area contributed by atoms with Crippen LogP contribution >= 0.6 is 0 Å². The molecule has 0 aromatic rings. The lowest BCUT2D eigenvalue weighted by Gasteiger charge is -2.44. The zero-order valence-corrected chi connectivity index (χ0v) is 17.9. The van der Waals surface area contributed by atoms with E-state index in [0.717, 1.165) is 6.08 Å². The Bertz CT molecular complexity index is 679. The molecule has 1 fully saturated rings. The predicted octanol–water partition coefficient (Wildman–Crippen LogP) is -7.57. The zero-order valence-electron chi connectivity index (χ0n) is 17.9. The van der Waals surface area contributed by atoms with E-state index in [1.54, 1.807) is 0 Å². The molecule has 15 nitrogen and oxygen atoms in total. The second-order valence-electron chi connectivity index (χ2n) is 8.22. The number of carbonyl (C=O) groups is 1. The Morgan fingerprint density at radius 1 is 0.971 bits per heavy atom. The van der Waals surface area contributed by atoms with Gasteiger partial charge in [-0.25, -0.2) is 0 Å². The SMILES string of the molecule is O=CC(O)C(O)C(NC1C=C(CO)C(OC2O[C@H](CO)C(O)[C@H](O)C2O)C(O)C1O)[C@H](O)CO. The van der Waals surface area contributed by atoms with Crippen molar-refractivity contribution < 1.29 is 70.4 Å². The number of hydrogen-bond acceptors (Lipinski definition) is 15. The zero-order chi connectivity index (χ0) is 25.7. The lowest BCUT2D eigenvalue weighted by atomic mass is 9.86. The Morgan fingerprint density at radius 2 is 1.62 bits per heavy atom. The molecular formula is C19H33NO14. The Kier molecular flexibility index (Phi) is 10.9. The highest BCUT2D eigenvalue weighted by molar-refractivity contribution is 5.56. The summed E-state index contributed by atoms with van der Waals surface area (Å²) in [4.78, 5) is 10.8. The monoisotopic (exact) mass is 499 g/mol. The fourth-order valence-electron chi connectivity index (χ4n) is 3.88. The largest absolute Gasteiger partial charge is 0.394 e. The van der Waals surface area contributed by atoms with Crippen LogP contribution in [0.3, 0.4) is 0 Å². The van der Waals surface area contributed by atoms with Crippen LogP contribution in [0, 0.1) is 0 Å². The number of aliphatic hydroxyl groups excluding tert-OH is 11. The molecule has 0 radical (unpaired) electrons. The van der Waals surface area contributed by atoms with Crippen LogP contribution in [-0.4, -0.2) is 162 Å². The first-order chi connectivity index (χ1) is 16.0. The Balaban J connectivity index is 2.26. The highest BCUT2D eigenvalue weighted by Gasteiger charge is 2.48. The summed E-state index contributed by atoms with van der Waals surface area (Å²) in [5.41, 5.74) is -0.0741. The third-order valence-electron chi connectivity index (χ3n) is 5.94. The molecule has 0 saturated carbocycles. The molecule has 15 heteroatoms. The van der Waals surface area contributed by atoms with Gasteiger partial charge in [0, 0.05) is 0 Å². The number of rotatable bonds is 11. The van der Waals surface area contributed by atoms with Crippen LogP contribution in [-0.2, 0) is 14.3 Å². The first-order valence-corrected chi connectivity index (χ1v) is 10.5. The van der Waals surface area contributed by atoms with Gasteiger partial charge in [0.2, 0.25) is 0 Å². The van der Waals surface area contributed by atoms with Gasteiger partial charge >= 0.3 is 0 Å². The highest BCUT2D eigenvalue weighted by Crippen LogP contribution is 2.29. The maximum atomic E-state index is 10.8. The molecule has 0 spiro atoms. The first-order valence-electron chi connectivity index (χ1n) is 10.5. The van der Waals surface area contributed by atoms with E-state index in [9.17, 15) is 61.0 Å².